The van der Waals surface area contributed by atoms with E-state index in [2.05, 4.69) is 10.0 Å². The number of nitrogen functional groups attached to an aromatic ring is 1. The first-order valence-corrected chi connectivity index (χ1v) is 7.54. The molecule has 1 aromatic rings. The van der Waals surface area contributed by atoms with Crippen molar-refractivity contribution in [1.82, 2.24) is 4.72 Å². The van der Waals surface area contributed by atoms with Gasteiger partial charge in [0.25, 0.3) is 0 Å². The summed E-state index contributed by atoms with van der Waals surface area (Å²) in [6, 6.07) is 6.92. The van der Waals surface area contributed by atoms with E-state index in [0.29, 0.717) is 23.5 Å². The van der Waals surface area contributed by atoms with Crippen molar-refractivity contribution in [1.29, 1.82) is 5.26 Å². The third-order valence-electron chi connectivity index (χ3n) is 2.36. The maximum atomic E-state index is 11.2. The van der Waals surface area contributed by atoms with E-state index in [1.807, 2.05) is 6.07 Å². The monoisotopic (exact) mass is 282 g/mol. The molecule has 0 saturated carbocycles. The quantitative estimate of drug-likeness (QED) is 0.695. The average molecular weight is 282 g/mol. The molecular formula is C12H18N4O2S. The predicted octanol–water partition coefficient (Wildman–Crippen LogP) is 0.880. The molecule has 4 N–H and O–H groups in total. The number of benzene rings is 1. The van der Waals surface area contributed by atoms with Gasteiger partial charge in [0.2, 0.25) is 10.0 Å². The lowest BCUT2D eigenvalue weighted by molar-refractivity contribution is 0.476. The normalized spacial score (nSPS) is 11.9. The van der Waals surface area contributed by atoms with E-state index in [4.69, 9.17) is 11.0 Å². The van der Waals surface area contributed by atoms with E-state index in [1.54, 1.807) is 32.0 Å². The number of nitriles is 1. The molecule has 6 nitrogen and oxygen atoms in total. The molecule has 0 aliphatic heterocycles. The number of rotatable bonds is 5. The molecule has 19 heavy (non-hydrogen) atoms. The minimum atomic E-state index is -3.27. The summed E-state index contributed by atoms with van der Waals surface area (Å²) in [6.45, 7) is 3.90. The Morgan fingerprint density at radius 2 is 2.05 bits per heavy atom. The Kier molecular flexibility index (Phi) is 4.39. The number of nitrogens with one attached hydrogen (secondary N) is 2. The second kappa shape index (κ2) is 5.47. The third-order valence-corrected chi connectivity index (χ3v) is 3.29. The van der Waals surface area contributed by atoms with Crippen LogP contribution in [0.25, 0.3) is 0 Å². The molecule has 104 valence electrons. The SMILES string of the molecule is CC(C)(CNc1ccc(C#N)cc1N)NS(C)(=O)=O. The lowest BCUT2D eigenvalue weighted by Gasteiger charge is -2.26. The van der Waals surface area contributed by atoms with Gasteiger partial charge in [-0.05, 0) is 32.0 Å². The molecule has 0 fully saturated rings. The highest BCUT2D eigenvalue weighted by Crippen LogP contribution is 2.20. The molecule has 1 aromatic carbocycles. The first-order chi connectivity index (χ1) is 8.63. The molecular weight excluding hydrogens is 264 g/mol. The van der Waals surface area contributed by atoms with Gasteiger partial charge >= 0.3 is 0 Å². The van der Waals surface area contributed by atoms with E-state index >= 15 is 0 Å². The van der Waals surface area contributed by atoms with Crippen LogP contribution in [0.2, 0.25) is 0 Å². The topological polar surface area (TPSA) is 108 Å². The summed E-state index contributed by atoms with van der Waals surface area (Å²) in [4.78, 5) is 0. The molecule has 1 rings (SSSR count). The zero-order valence-corrected chi connectivity index (χ0v) is 12.0. The van der Waals surface area contributed by atoms with Gasteiger partial charge in [-0.1, -0.05) is 0 Å². The highest BCUT2D eigenvalue weighted by molar-refractivity contribution is 7.88. The second-order valence-electron chi connectivity index (χ2n) is 5.03. The van der Waals surface area contributed by atoms with Crippen LogP contribution in [0, 0.1) is 11.3 Å². The first-order valence-electron chi connectivity index (χ1n) is 5.65. The molecule has 0 bridgehead atoms. The van der Waals surface area contributed by atoms with E-state index < -0.39 is 15.6 Å². The maximum Gasteiger partial charge on any atom is 0.209 e. The van der Waals surface area contributed by atoms with Crippen LogP contribution in [-0.4, -0.2) is 26.8 Å². The van der Waals surface area contributed by atoms with Gasteiger partial charge in [0.1, 0.15) is 0 Å². The van der Waals surface area contributed by atoms with Gasteiger partial charge in [-0.2, -0.15) is 5.26 Å². The van der Waals surface area contributed by atoms with Gasteiger partial charge in [-0.15, -0.1) is 0 Å². The third kappa shape index (κ3) is 5.16. The van der Waals surface area contributed by atoms with Gasteiger partial charge in [0, 0.05) is 12.1 Å². The van der Waals surface area contributed by atoms with Crippen molar-refractivity contribution < 1.29 is 8.42 Å². The molecule has 0 atom stereocenters. The Morgan fingerprint density at radius 3 is 2.53 bits per heavy atom. The van der Waals surface area contributed by atoms with Crippen molar-refractivity contribution in [3.8, 4) is 6.07 Å². The van der Waals surface area contributed by atoms with Gasteiger partial charge in [0.15, 0.2) is 0 Å². The maximum absolute atomic E-state index is 11.2. The number of nitrogens with two attached hydrogens (primary N) is 1. The standard InChI is InChI=1S/C12H18N4O2S/c1-12(2,16-19(3,17)18)8-15-11-5-4-9(7-13)6-10(11)14/h4-6,15-16H,8,14H2,1-3H3. The zero-order valence-electron chi connectivity index (χ0n) is 11.2. The van der Waals surface area contributed by atoms with Gasteiger partial charge in [-0.3, -0.25) is 0 Å². The molecule has 0 spiro atoms. The minimum absolute atomic E-state index is 0.371. The van der Waals surface area contributed by atoms with Crippen LogP contribution in [0.4, 0.5) is 11.4 Å². The molecule has 0 saturated heterocycles. The molecule has 0 aromatic heterocycles. The Hall–Kier alpha value is -1.78. The Labute approximate surface area is 113 Å². The summed E-state index contributed by atoms with van der Waals surface area (Å²) in [7, 11) is -3.27. The summed E-state index contributed by atoms with van der Waals surface area (Å²) < 4.78 is 24.9. The fourth-order valence-corrected chi connectivity index (χ4v) is 2.72. The summed E-state index contributed by atoms with van der Waals surface area (Å²) >= 11 is 0. The number of hydrogen-bond donors (Lipinski definition) is 3. The number of hydrogen-bond acceptors (Lipinski definition) is 5. The first kappa shape index (κ1) is 15.3. The van der Waals surface area contributed by atoms with Crippen LogP contribution in [0.15, 0.2) is 18.2 Å². The largest absolute Gasteiger partial charge is 0.397 e. The molecule has 0 unspecified atom stereocenters. The summed E-state index contributed by atoms with van der Waals surface area (Å²) in [5, 5.41) is 11.8. The van der Waals surface area contributed by atoms with Gasteiger partial charge in [-0.25, -0.2) is 13.1 Å². The van der Waals surface area contributed by atoms with Crippen molar-refractivity contribution >= 4 is 21.4 Å². The fraction of sp³-hybridized carbons (Fsp3) is 0.417. The lowest BCUT2D eigenvalue weighted by Crippen LogP contribution is -2.47. The molecule has 0 radical (unpaired) electrons. The number of nitrogens with zero attached hydrogens (tertiary/aromatic N) is 1. The van der Waals surface area contributed by atoms with E-state index in [1.165, 1.54) is 0 Å². The number of sulfonamides is 1. The highest BCUT2D eigenvalue weighted by atomic mass is 32.2. The van der Waals surface area contributed by atoms with Crippen molar-refractivity contribution in [3.05, 3.63) is 23.8 Å². The summed E-state index contributed by atoms with van der Waals surface area (Å²) in [5.41, 5.74) is 6.76. The predicted molar refractivity (Wildman–Crippen MR) is 76.1 cm³/mol. The van der Waals surface area contributed by atoms with Crippen molar-refractivity contribution in [3.63, 3.8) is 0 Å². The smallest absolute Gasteiger partial charge is 0.209 e. The fourth-order valence-electron chi connectivity index (χ4n) is 1.65. The average Bonchev–Trinajstić information content (AvgIpc) is 2.24. The van der Waals surface area contributed by atoms with Crippen LogP contribution in [-0.2, 0) is 10.0 Å². The Balaban J connectivity index is 2.75. The van der Waals surface area contributed by atoms with E-state index in [-0.39, 0.29) is 0 Å². The number of anilines is 2. The minimum Gasteiger partial charge on any atom is -0.397 e. The molecule has 0 heterocycles. The second-order valence-corrected chi connectivity index (χ2v) is 6.77. The Morgan fingerprint density at radius 1 is 1.42 bits per heavy atom. The summed E-state index contributed by atoms with van der Waals surface area (Å²) in [5.74, 6) is 0. The zero-order chi connectivity index (χ0) is 14.7. The van der Waals surface area contributed by atoms with Crippen LogP contribution in [0.1, 0.15) is 19.4 Å². The molecule has 0 amide bonds. The van der Waals surface area contributed by atoms with Gasteiger partial charge < -0.3 is 11.1 Å². The molecule has 0 aliphatic carbocycles. The van der Waals surface area contributed by atoms with Crippen molar-refractivity contribution in [2.24, 2.45) is 0 Å². The van der Waals surface area contributed by atoms with Crippen molar-refractivity contribution in [2.45, 2.75) is 19.4 Å². The van der Waals surface area contributed by atoms with Gasteiger partial charge in [0.05, 0.1) is 29.3 Å². The lowest BCUT2D eigenvalue weighted by atomic mass is 10.1. The van der Waals surface area contributed by atoms with E-state index in [0.717, 1.165) is 6.26 Å². The molecule has 7 heteroatoms. The highest BCUT2D eigenvalue weighted by Gasteiger charge is 2.22. The Bertz CT molecular complexity index is 603. The summed E-state index contributed by atoms with van der Waals surface area (Å²) in [6.07, 6.45) is 1.12. The van der Waals surface area contributed by atoms with E-state index in [9.17, 15) is 8.42 Å². The van der Waals surface area contributed by atoms with Crippen LogP contribution < -0.4 is 15.8 Å². The van der Waals surface area contributed by atoms with Crippen LogP contribution in [0.3, 0.4) is 0 Å². The van der Waals surface area contributed by atoms with Crippen LogP contribution >= 0.6 is 0 Å². The van der Waals surface area contributed by atoms with Crippen molar-refractivity contribution in [2.75, 3.05) is 23.9 Å². The molecule has 0 aliphatic rings. The van der Waals surface area contributed by atoms with Crippen LogP contribution in [0.5, 0.6) is 0 Å².